The number of nitrogens with zero attached hydrogens (tertiary/aromatic N) is 4. The maximum Gasteiger partial charge on any atom is 0.156 e. The number of anilines is 3. The number of aliphatic hydroxyl groups is 1. The average molecular weight is 478 g/mol. The number of nitrogens with two attached hydrogens (primary N) is 1. The van der Waals surface area contributed by atoms with Crippen LogP contribution < -0.4 is 15.4 Å². The summed E-state index contributed by atoms with van der Waals surface area (Å²) in [6, 6.07) is 18.1. The summed E-state index contributed by atoms with van der Waals surface area (Å²) in [6.45, 7) is 0. The summed E-state index contributed by atoms with van der Waals surface area (Å²) in [5.41, 5.74) is 7.73. The molecular formula is C25H18B2ClN5O2. The Morgan fingerprint density at radius 2 is 1.77 bits per heavy atom. The van der Waals surface area contributed by atoms with Crippen LogP contribution in [0.2, 0.25) is 5.02 Å². The molecule has 168 valence electrons. The number of rotatable bonds is 6. The topological polar surface area (TPSA) is 108 Å². The van der Waals surface area contributed by atoms with Crippen LogP contribution in [0.3, 0.4) is 0 Å². The van der Waals surface area contributed by atoms with Crippen molar-refractivity contribution in [1.82, 2.24) is 9.97 Å². The van der Waals surface area contributed by atoms with Gasteiger partial charge in [-0.3, -0.25) is 4.98 Å². The number of nitrogen functional groups attached to an aromatic ring is 1. The molecule has 4 aromatic rings. The fraction of sp³-hybridized carbons (Fsp3) is 0.160. The average Bonchev–Trinajstić information content (AvgIpc) is 3.64. The van der Waals surface area contributed by atoms with Crippen molar-refractivity contribution in [3.05, 3.63) is 71.4 Å². The van der Waals surface area contributed by atoms with Gasteiger partial charge >= 0.3 is 0 Å². The van der Waals surface area contributed by atoms with Crippen molar-refractivity contribution < 1.29 is 9.84 Å². The zero-order valence-corrected chi connectivity index (χ0v) is 19.3. The third-order valence-corrected chi connectivity index (χ3v) is 5.87. The molecule has 0 atom stereocenters. The fourth-order valence-electron chi connectivity index (χ4n) is 3.83. The summed E-state index contributed by atoms with van der Waals surface area (Å²) in [6.07, 6.45) is 3.42. The van der Waals surface area contributed by atoms with Gasteiger partial charge in [0.15, 0.2) is 5.75 Å². The lowest BCUT2D eigenvalue weighted by Gasteiger charge is -2.38. The predicted molar refractivity (Wildman–Crippen MR) is 138 cm³/mol. The van der Waals surface area contributed by atoms with Crippen molar-refractivity contribution >= 4 is 55.5 Å². The van der Waals surface area contributed by atoms with Crippen molar-refractivity contribution in [1.29, 1.82) is 5.26 Å². The van der Waals surface area contributed by atoms with Crippen molar-refractivity contribution in [2.75, 3.05) is 10.6 Å². The van der Waals surface area contributed by atoms with E-state index in [1.165, 1.54) is 17.2 Å². The van der Waals surface area contributed by atoms with Crippen LogP contribution >= 0.6 is 11.6 Å². The van der Waals surface area contributed by atoms with E-state index in [2.05, 4.69) is 16.0 Å². The molecule has 1 aliphatic rings. The summed E-state index contributed by atoms with van der Waals surface area (Å²) in [7, 11) is 11.8. The summed E-state index contributed by atoms with van der Waals surface area (Å²) in [4.78, 5) is 9.88. The van der Waals surface area contributed by atoms with Gasteiger partial charge in [-0.2, -0.15) is 5.26 Å². The first-order chi connectivity index (χ1) is 16.7. The Bertz CT molecular complexity index is 1460. The van der Waals surface area contributed by atoms with Gasteiger partial charge in [-0.1, -0.05) is 29.8 Å². The van der Waals surface area contributed by atoms with Crippen LogP contribution in [0.5, 0.6) is 5.75 Å². The first kappa shape index (κ1) is 23.0. The smallest absolute Gasteiger partial charge is 0.156 e. The van der Waals surface area contributed by atoms with Crippen molar-refractivity contribution in [3.63, 3.8) is 0 Å². The van der Waals surface area contributed by atoms with Gasteiger partial charge in [-0.05, 0) is 60.4 Å². The molecule has 7 nitrogen and oxygen atoms in total. The van der Waals surface area contributed by atoms with E-state index in [4.69, 9.17) is 37.8 Å². The molecule has 35 heavy (non-hydrogen) atoms. The standard InChI is InChI=1S/C25H18B2ClN5O2/c26-25(27,34)33(18-9-16(12-29)24(20(28)11-18)35-19-6-7-19)17-4-1-14(2-5-17)15-3-8-21-22(10-15)31-13-23(30)32-21/h1-5,8-11,13,19,34H,6-7H2,(H2,30,32). The molecule has 0 spiro atoms. The molecule has 10 heteroatoms. The number of ether oxygens (including phenoxy) is 1. The number of hydrogen-bond acceptors (Lipinski definition) is 7. The van der Waals surface area contributed by atoms with Crippen LogP contribution in [0.15, 0.2) is 60.8 Å². The van der Waals surface area contributed by atoms with Gasteiger partial charge in [-0.25, -0.2) is 4.98 Å². The quantitative estimate of drug-likeness (QED) is 0.319. The van der Waals surface area contributed by atoms with Gasteiger partial charge in [0.2, 0.25) is 0 Å². The van der Waals surface area contributed by atoms with Crippen molar-refractivity contribution in [3.8, 4) is 22.9 Å². The second-order valence-electron chi connectivity index (χ2n) is 8.40. The molecule has 0 aliphatic heterocycles. The fourth-order valence-corrected chi connectivity index (χ4v) is 4.09. The Morgan fingerprint density at radius 3 is 2.43 bits per heavy atom. The van der Waals surface area contributed by atoms with E-state index >= 15 is 0 Å². The van der Waals surface area contributed by atoms with Crippen molar-refractivity contribution in [2.45, 2.75) is 24.5 Å². The molecule has 5 rings (SSSR count). The Labute approximate surface area is 209 Å². The van der Waals surface area contributed by atoms with E-state index in [-0.39, 0.29) is 16.7 Å². The summed E-state index contributed by atoms with van der Waals surface area (Å²) in [5.74, 6) is 0.673. The van der Waals surface area contributed by atoms with Crippen LogP contribution in [0, 0.1) is 11.3 Å². The minimum absolute atomic E-state index is 0.0634. The molecule has 3 aromatic carbocycles. The second-order valence-corrected chi connectivity index (χ2v) is 8.80. The Kier molecular flexibility index (Phi) is 5.79. The number of nitriles is 1. The zero-order chi connectivity index (χ0) is 24.7. The molecule has 1 aliphatic carbocycles. The SMILES string of the molecule is [B]C([B])(O)N(c1ccc(-c2ccc3nc(N)cnc3c2)cc1)c1cc(Cl)c(OC2CC2)c(C#N)c1. The lowest BCUT2D eigenvalue weighted by molar-refractivity contribution is 0.220. The summed E-state index contributed by atoms with van der Waals surface area (Å²) < 4.78 is 5.79. The maximum absolute atomic E-state index is 10.6. The largest absolute Gasteiger partial charge is 0.487 e. The number of fused-ring (bicyclic) bond motifs is 1. The maximum atomic E-state index is 10.6. The first-order valence-electron chi connectivity index (χ1n) is 10.9. The Hall–Kier alpha value is -3.73. The highest BCUT2D eigenvalue weighted by Crippen LogP contribution is 2.40. The van der Waals surface area contributed by atoms with Crippen LogP contribution in [-0.4, -0.2) is 42.4 Å². The number of halogens is 1. The lowest BCUT2D eigenvalue weighted by Crippen LogP contribution is -2.47. The van der Waals surface area contributed by atoms with Crippen LogP contribution in [-0.2, 0) is 0 Å². The van der Waals surface area contributed by atoms with E-state index < -0.39 is 5.52 Å². The lowest BCUT2D eigenvalue weighted by atomic mass is 9.71. The number of aromatic nitrogens is 2. The minimum Gasteiger partial charge on any atom is -0.487 e. The number of hydrogen-bond donors (Lipinski definition) is 2. The van der Waals surface area contributed by atoms with Crippen molar-refractivity contribution in [2.24, 2.45) is 0 Å². The Morgan fingerprint density at radius 1 is 1.06 bits per heavy atom. The van der Waals surface area contributed by atoms with Gasteiger partial charge in [0.05, 0.1) is 39.4 Å². The highest BCUT2D eigenvalue weighted by molar-refractivity contribution is 6.41. The molecule has 3 N–H and O–H groups in total. The molecule has 0 amide bonds. The van der Waals surface area contributed by atoms with E-state index in [9.17, 15) is 10.4 Å². The molecule has 4 radical (unpaired) electrons. The van der Waals surface area contributed by atoms with Gasteiger partial charge in [0, 0.05) is 11.4 Å². The van der Waals surface area contributed by atoms with Crippen LogP contribution in [0.1, 0.15) is 18.4 Å². The minimum atomic E-state index is -2.27. The second kappa shape index (κ2) is 8.81. The number of benzene rings is 3. The van der Waals surface area contributed by atoms with Gasteiger partial charge < -0.3 is 20.5 Å². The van der Waals surface area contributed by atoms with Gasteiger partial charge in [-0.15, -0.1) is 0 Å². The molecule has 1 aromatic heterocycles. The molecule has 1 saturated carbocycles. The Balaban J connectivity index is 1.51. The zero-order valence-electron chi connectivity index (χ0n) is 18.5. The van der Waals surface area contributed by atoms with Crippen LogP contribution in [0.4, 0.5) is 17.2 Å². The molecular weight excluding hydrogens is 459 g/mol. The molecule has 0 bridgehead atoms. The van der Waals surface area contributed by atoms with E-state index in [1.807, 2.05) is 30.3 Å². The van der Waals surface area contributed by atoms with E-state index in [1.54, 1.807) is 18.2 Å². The van der Waals surface area contributed by atoms with Gasteiger partial charge in [0.25, 0.3) is 0 Å². The van der Waals surface area contributed by atoms with Gasteiger partial charge in [0.1, 0.15) is 27.6 Å². The van der Waals surface area contributed by atoms with E-state index in [0.29, 0.717) is 34.0 Å². The van der Waals surface area contributed by atoms with Crippen LogP contribution in [0.25, 0.3) is 22.2 Å². The summed E-state index contributed by atoms with van der Waals surface area (Å²) >= 11 is 6.44. The first-order valence-corrected chi connectivity index (χ1v) is 11.2. The highest BCUT2D eigenvalue weighted by Gasteiger charge is 2.29. The monoisotopic (exact) mass is 477 g/mol. The van der Waals surface area contributed by atoms with E-state index in [0.717, 1.165) is 24.0 Å². The normalized spacial score (nSPS) is 13.4. The highest BCUT2D eigenvalue weighted by atomic mass is 35.5. The predicted octanol–water partition coefficient (Wildman–Crippen LogP) is 4.02. The molecule has 0 unspecified atom stereocenters. The molecule has 0 saturated heterocycles. The summed E-state index contributed by atoms with van der Waals surface area (Å²) in [5, 5.41) is 20.5. The molecule has 1 fully saturated rings. The molecule has 1 heterocycles. The third-order valence-electron chi connectivity index (χ3n) is 5.59. The third kappa shape index (κ3) is 4.76.